The summed E-state index contributed by atoms with van der Waals surface area (Å²) in [4.78, 5) is 0.310. The van der Waals surface area contributed by atoms with E-state index in [0.29, 0.717) is 29.7 Å². The number of aryl methyl sites for hydroxylation is 1. The van der Waals surface area contributed by atoms with E-state index in [4.69, 9.17) is 4.74 Å². The van der Waals surface area contributed by atoms with Crippen molar-refractivity contribution in [3.8, 4) is 5.75 Å². The van der Waals surface area contributed by atoms with Crippen LogP contribution < -0.4 is 4.74 Å². The summed E-state index contributed by atoms with van der Waals surface area (Å²) in [6, 6.07) is 5.19. The van der Waals surface area contributed by atoms with Crippen LogP contribution >= 0.6 is 0 Å². The first kappa shape index (κ1) is 16.5. The molecule has 1 aromatic heterocycles. The van der Waals surface area contributed by atoms with E-state index in [1.54, 1.807) is 25.1 Å². The van der Waals surface area contributed by atoms with E-state index in [0.717, 1.165) is 17.7 Å². The fraction of sp³-hybridized carbons (Fsp3) is 0.529. The van der Waals surface area contributed by atoms with E-state index in [1.807, 2.05) is 10.9 Å². The molecule has 7 nitrogen and oxygen atoms in total. The third-order valence-corrected chi connectivity index (χ3v) is 7.04. The van der Waals surface area contributed by atoms with Crippen molar-refractivity contribution in [2.24, 2.45) is 0 Å². The van der Waals surface area contributed by atoms with Crippen LogP contribution in [0.3, 0.4) is 0 Å². The number of sulfonamides is 1. The van der Waals surface area contributed by atoms with Crippen molar-refractivity contribution in [1.29, 1.82) is 0 Å². The minimum absolute atomic E-state index is 0.0423. The molecule has 0 radical (unpaired) electrons. The predicted molar refractivity (Wildman–Crippen MR) is 92.1 cm³/mol. The molecule has 8 heteroatoms. The first-order valence-corrected chi connectivity index (χ1v) is 9.99. The highest BCUT2D eigenvalue weighted by molar-refractivity contribution is 7.89. The van der Waals surface area contributed by atoms with Gasteiger partial charge in [-0.05, 0) is 37.8 Å². The second-order valence-corrected chi connectivity index (χ2v) is 8.74. The Morgan fingerprint density at radius 2 is 2.04 bits per heavy atom. The highest BCUT2D eigenvalue weighted by atomic mass is 32.2. The van der Waals surface area contributed by atoms with Crippen LogP contribution in [0.2, 0.25) is 0 Å². The van der Waals surface area contributed by atoms with Crippen molar-refractivity contribution in [3.05, 3.63) is 35.7 Å². The van der Waals surface area contributed by atoms with Crippen LogP contribution in [0.1, 0.15) is 42.5 Å². The first-order chi connectivity index (χ1) is 12.0. The molecule has 1 unspecified atom stereocenters. The number of hydrogen-bond donors (Lipinski definition) is 0. The van der Waals surface area contributed by atoms with Crippen LogP contribution in [0.15, 0.2) is 29.3 Å². The van der Waals surface area contributed by atoms with Gasteiger partial charge in [-0.1, -0.05) is 11.3 Å². The molecular formula is C17H22N4O3S. The molecule has 1 saturated heterocycles. The molecule has 4 rings (SSSR count). The Kier molecular flexibility index (Phi) is 4.04. The second kappa shape index (κ2) is 6.10. The quantitative estimate of drug-likeness (QED) is 0.814. The van der Waals surface area contributed by atoms with Crippen molar-refractivity contribution >= 4 is 10.0 Å². The summed E-state index contributed by atoms with van der Waals surface area (Å²) >= 11 is 0. The molecule has 1 atom stereocenters. The van der Waals surface area contributed by atoms with Gasteiger partial charge in [-0.15, -0.1) is 5.10 Å². The molecule has 0 bridgehead atoms. The number of aromatic nitrogens is 3. The number of ether oxygens (including phenoxy) is 1. The summed E-state index contributed by atoms with van der Waals surface area (Å²) in [5.74, 6) is 1.10. The van der Waals surface area contributed by atoms with E-state index < -0.39 is 10.0 Å². The van der Waals surface area contributed by atoms with Gasteiger partial charge < -0.3 is 4.74 Å². The Morgan fingerprint density at radius 1 is 1.24 bits per heavy atom. The zero-order valence-corrected chi connectivity index (χ0v) is 15.2. The molecular weight excluding hydrogens is 340 g/mol. The summed E-state index contributed by atoms with van der Waals surface area (Å²) in [5, 5.41) is 8.45. The Bertz CT molecular complexity index is 889. The average molecular weight is 362 g/mol. The Morgan fingerprint density at radius 3 is 2.76 bits per heavy atom. The number of benzene rings is 1. The lowest BCUT2D eigenvalue weighted by Crippen LogP contribution is -2.30. The molecule has 134 valence electrons. The van der Waals surface area contributed by atoms with Gasteiger partial charge >= 0.3 is 0 Å². The van der Waals surface area contributed by atoms with Crippen molar-refractivity contribution in [3.63, 3.8) is 0 Å². The average Bonchev–Trinajstić information content (AvgIpc) is 3.12. The molecule has 25 heavy (non-hydrogen) atoms. The standard InChI is InChI=1S/C17H22N4O3S/c1-12-3-6-15(24-2)9-17(12)25(22,23)20-8-7-14(10-20)21-11-16(18-19-21)13-4-5-13/h3,6,9,11,13-14H,4-5,7-8,10H2,1-2H3. The molecule has 0 spiro atoms. The number of nitrogens with zero attached hydrogens (tertiary/aromatic N) is 4. The molecule has 2 aromatic rings. The second-order valence-electron chi connectivity index (χ2n) is 6.83. The Hall–Kier alpha value is -1.93. The van der Waals surface area contributed by atoms with Gasteiger partial charge in [0.05, 0.1) is 23.7 Å². The summed E-state index contributed by atoms with van der Waals surface area (Å²) in [6.45, 7) is 2.72. The van der Waals surface area contributed by atoms with E-state index in [-0.39, 0.29) is 6.04 Å². The van der Waals surface area contributed by atoms with Crippen molar-refractivity contribution in [2.75, 3.05) is 20.2 Å². The lowest BCUT2D eigenvalue weighted by atomic mass is 10.2. The zero-order chi connectivity index (χ0) is 17.6. The summed E-state index contributed by atoms with van der Waals surface area (Å²) < 4.78 is 34.7. The van der Waals surface area contributed by atoms with Gasteiger partial charge in [-0.25, -0.2) is 13.1 Å². The minimum Gasteiger partial charge on any atom is -0.497 e. The van der Waals surface area contributed by atoms with Crippen molar-refractivity contribution in [1.82, 2.24) is 19.3 Å². The number of hydrogen-bond acceptors (Lipinski definition) is 5. The van der Waals surface area contributed by atoms with E-state index in [2.05, 4.69) is 10.3 Å². The summed E-state index contributed by atoms with van der Waals surface area (Å²) in [5.41, 5.74) is 1.76. The summed E-state index contributed by atoms with van der Waals surface area (Å²) in [7, 11) is -2.01. The topological polar surface area (TPSA) is 77.3 Å². The molecule has 1 aliphatic carbocycles. The molecule has 0 N–H and O–H groups in total. The van der Waals surface area contributed by atoms with Crippen LogP contribution in [0.25, 0.3) is 0 Å². The molecule has 1 saturated carbocycles. The SMILES string of the molecule is COc1ccc(C)c(S(=O)(=O)N2CCC(n3cc(C4CC4)nn3)C2)c1. The fourth-order valence-electron chi connectivity index (χ4n) is 3.30. The van der Waals surface area contributed by atoms with Gasteiger partial charge in [-0.2, -0.15) is 4.31 Å². The van der Waals surface area contributed by atoms with E-state index >= 15 is 0 Å². The Labute approximate surface area is 147 Å². The molecule has 1 aliphatic heterocycles. The molecule has 2 fully saturated rings. The highest BCUT2D eigenvalue weighted by Gasteiger charge is 2.35. The third kappa shape index (κ3) is 3.04. The van der Waals surface area contributed by atoms with E-state index in [9.17, 15) is 8.42 Å². The smallest absolute Gasteiger partial charge is 0.243 e. The largest absolute Gasteiger partial charge is 0.497 e. The highest BCUT2D eigenvalue weighted by Crippen LogP contribution is 2.39. The monoisotopic (exact) mass is 362 g/mol. The van der Waals surface area contributed by atoms with Crippen LogP contribution in [-0.4, -0.2) is 47.9 Å². The van der Waals surface area contributed by atoms with Gasteiger partial charge in [-0.3, -0.25) is 0 Å². The maximum atomic E-state index is 13.0. The van der Waals surface area contributed by atoms with E-state index in [1.165, 1.54) is 24.3 Å². The van der Waals surface area contributed by atoms with Gasteiger partial charge in [0.15, 0.2) is 0 Å². The molecule has 2 heterocycles. The molecule has 1 aromatic carbocycles. The van der Waals surface area contributed by atoms with Crippen LogP contribution in [0.5, 0.6) is 5.75 Å². The van der Waals surface area contributed by atoms with Crippen molar-refractivity contribution < 1.29 is 13.2 Å². The van der Waals surface area contributed by atoms with Gasteiger partial charge in [0.1, 0.15) is 5.75 Å². The Balaban J connectivity index is 1.55. The maximum Gasteiger partial charge on any atom is 0.243 e. The lowest BCUT2D eigenvalue weighted by molar-refractivity contribution is 0.411. The van der Waals surface area contributed by atoms with Crippen LogP contribution in [-0.2, 0) is 10.0 Å². The molecule has 2 aliphatic rings. The van der Waals surface area contributed by atoms with Gasteiger partial charge in [0.25, 0.3) is 0 Å². The number of methoxy groups -OCH3 is 1. The normalized spacial score (nSPS) is 21.6. The van der Waals surface area contributed by atoms with Gasteiger partial charge in [0, 0.05) is 31.3 Å². The zero-order valence-electron chi connectivity index (χ0n) is 14.4. The predicted octanol–water partition coefficient (Wildman–Crippen LogP) is 2.11. The fourth-order valence-corrected chi connectivity index (χ4v) is 5.04. The van der Waals surface area contributed by atoms with Crippen LogP contribution in [0, 0.1) is 6.92 Å². The third-order valence-electron chi connectivity index (χ3n) is 5.04. The van der Waals surface area contributed by atoms with Gasteiger partial charge in [0.2, 0.25) is 10.0 Å². The minimum atomic E-state index is -3.55. The summed E-state index contributed by atoms with van der Waals surface area (Å²) in [6.07, 6.45) is 5.09. The maximum absolute atomic E-state index is 13.0. The van der Waals surface area contributed by atoms with Crippen LogP contribution in [0.4, 0.5) is 0 Å². The molecule has 0 amide bonds. The van der Waals surface area contributed by atoms with Crippen molar-refractivity contribution in [2.45, 2.75) is 43.0 Å². The number of rotatable bonds is 5. The first-order valence-electron chi connectivity index (χ1n) is 8.55. The lowest BCUT2D eigenvalue weighted by Gasteiger charge is -2.18.